The smallest absolute Gasteiger partial charge is 0.343 e. The summed E-state index contributed by atoms with van der Waals surface area (Å²) in [4.78, 5) is 29.8. The van der Waals surface area contributed by atoms with E-state index in [-0.39, 0.29) is 5.91 Å². The van der Waals surface area contributed by atoms with Crippen molar-refractivity contribution >= 4 is 40.6 Å². The van der Waals surface area contributed by atoms with E-state index < -0.39 is 5.97 Å². The molecule has 0 aromatic heterocycles. The Morgan fingerprint density at radius 2 is 1.67 bits per heavy atom. The van der Waals surface area contributed by atoms with Crippen molar-refractivity contribution in [1.82, 2.24) is 5.32 Å². The summed E-state index contributed by atoms with van der Waals surface area (Å²) in [6, 6.07) is 23.7. The van der Waals surface area contributed by atoms with Gasteiger partial charge in [0.2, 0.25) is 0 Å². The zero-order valence-corrected chi connectivity index (χ0v) is 17.0. The van der Waals surface area contributed by atoms with Gasteiger partial charge in [0.1, 0.15) is 5.75 Å². The Hall–Kier alpha value is -3.64. The number of carbonyl (C=O) groups excluding carboxylic acids is 2. The molecule has 4 rings (SSSR count). The molecule has 0 aliphatic carbocycles. The summed E-state index contributed by atoms with van der Waals surface area (Å²) in [5, 5.41) is 3.27. The molecule has 1 aliphatic heterocycles. The third-order valence-corrected chi connectivity index (χ3v) is 5.24. The number of aliphatic imine (C=N–C) groups is 1. The Morgan fingerprint density at radius 3 is 2.43 bits per heavy atom. The van der Waals surface area contributed by atoms with Gasteiger partial charge in [0.15, 0.2) is 5.17 Å². The highest BCUT2D eigenvalue weighted by atomic mass is 32.2. The number of rotatable bonds is 4. The lowest BCUT2D eigenvalue weighted by molar-refractivity contribution is -0.115. The first-order valence-corrected chi connectivity index (χ1v) is 10.1. The largest absolute Gasteiger partial charge is 0.422 e. The third kappa shape index (κ3) is 4.67. The van der Waals surface area contributed by atoms with E-state index in [0.717, 1.165) is 11.3 Å². The normalized spacial score (nSPS) is 16.0. The second-order valence-corrected chi connectivity index (χ2v) is 7.64. The molecule has 0 spiro atoms. The summed E-state index contributed by atoms with van der Waals surface area (Å²) in [7, 11) is 0. The molecule has 1 saturated heterocycles. The second kappa shape index (κ2) is 8.80. The monoisotopic (exact) mass is 414 g/mol. The van der Waals surface area contributed by atoms with Gasteiger partial charge >= 0.3 is 5.97 Å². The van der Waals surface area contributed by atoms with Gasteiger partial charge in [-0.1, -0.05) is 54.1 Å². The molecule has 1 N–H and O–H groups in total. The number of nitrogens with one attached hydrogen (secondary N) is 1. The van der Waals surface area contributed by atoms with Gasteiger partial charge < -0.3 is 10.1 Å². The van der Waals surface area contributed by atoms with Crippen molar-refractivity contribution in [3.8, 4) is 5.75 Å². The number of hydrogen-bond donors (Lipinski definition) is 1. The van der Waals surface area contributed by atoms with Crippen LogP contribution in [-0.4, -0.2) is 17.0 Å². The number of thioether (sulfide) groups is 1. The van der Waals surface area contributed by atoms with E-state index in [1.54, 1.807) is 36.4 Å². The maximum absolute atomic E-state index is 12.5. The molecule has 1 amide bonds. The molecule has 0 radical (unpaired) electrons. The van der Waals surface area contributed by atoms with Crippen LogP contribution in [0.25, 0.3) is 6.08 Å². The van der Waals surface area contributed by atoms with Gasteiger partial charge in [-0.25, -0.2) is 9.79 Å². The van der Waals surface area contributed by atoms with Crippen LogP contribution in [0.1, 0.15) is 21.5 Å². The minimum atomic E-state index is -0.448. The van der Waals surface area contributed by atoms with Crippen LogP contribution >= 0.6 is 11.8 Å². The highest BCUT2D eigenvalue weighted by Gasteiger charge is 2.24. The molecule has 3 aromatic rings. The molecule has 0 unspecified atom stereocenters. The van der Waals surface area contributed by atoms with E-state index >= 15 is 0 Å². The van der Waals surface area contributed by atoms with Gasteiger partial charge in [0.05, 0.1) is 16.2 Å². The number of amides is 1. The van der Waals surface area contributed by atoms with Crippen LogP contribution in [0.15, 0.2) is 88.8 Å². The summed E-state index contributed by atoms with van der Waals surface area (Å²) >= 11 is 1.24. The van der Waals surface area contributed by atoms with E-state index in [0.29, 0.717) is 26.9 Å². The van der Waals surface area contributed by atoms with Crippen LogP contribution in [0, 0.1) is 6.92 Å². The molecule has 1 heterocycles. The lowest BCUT2D eigenvalue weighted by Crippen LogP contribution is -2.19. The standard InChI is InChI=1S/C24H18N2O3S/c1-16-11-13-17(14-12-16)23(28)29-20-10-6-5-7-18(20)15-21-22(27)26-24(30-21)25-19-8-3-2-4-9-19/h2-15H,1H3,(H,25,26,27)/b21-15-. The van der Waals surface area contributed by atoms with Crippen molar-refractivity contribution < 1.29 is 14.3 Å². The fraction of sp³-hybridized carbons (Fsp3) is 0.0417. The van der Waals surface area contributed by atoms with Gasteiger partial charge in [-0.3, -0.25) is 4.79 Å². The van der Waals surface area contributed by atoms with Crippen molar-refractivity contribution in [2.24, 2.45) is 4.99 Å². The average molecular weight is 414 g/mol. The lowest BCUT2D eigenvalue weighted by Gasteiger charge is -2.08. The second-order valence-electron chi connectivity index (χ2n) is 6.61. The molecule has 0 bridgehead atoms. The topological polar surface area (TPSA) is 67.8 Å². The molecular formula is C24H18N2O3S. The van der Waals surface area contributed by atoms with Crippen LogP contribution in [0.4, 0.5) is 5.69 Å². The molecule has 30 heavy (non-hydrogen) atoms. The van der Waals surface area contributed by atoms with Gasteiger partial charge in [-0.15, -0.1) is 0 Å². The fourth-order valence-electron chi connectivity index (χ4n) is 2.78. The van der Waals surface area contributed by atoms with Crippen molar-refractivity contribution in [3.63, 3.8) is 0 Å². The number of ether oxygens (including phenoxy) is 1. The Labute approximate surface area is 178 Å². The summed E-state index contributed by atoms with van der Waals surface area (Å²) in [6.45, 7) is 1.95. The van der Waals surface area contributed by atoms with Crippen LogP contribution in [0.2, 0.25) is 0 Å². The van der Waals surface area contributed by atoms with Gasteiger partial charge in [-0.05, 0) is 55.1 Å². The molecule has 0 atom stereocenters. The highest BCUT2D eigenvalue weighted by molar-refractivity contribution is 8.18. The van der Waals surface area contributed by atoms with Crippen molar-refractivity contribution in [2.45, 2.75) is 6.92 Å². The molecular weight excluding hydrogens is 396 g/mol. The molecule has 3 aromatic carbocycles. The fourth-order valence-corrected chi connectivity index (χ4v) is 3.62. The Balaban J connectivity index is 1.55. The molecule has 148 valence electrons. The highest BCUT2D eigenvalue weighted by Crippen LogP contribution is 2.30. The predicted octanol–water partition coefficient (Wildman–Crippen LogP) is 5.11. The Kier molecular flexibility index (Phi) is 5.77. The minimum absolute atomic E-state index is 0.241. The first-order valence-electron chi connectivity index (χ1n) is 9.31. The zero-order chi connectivity index (χ0) is 20.9. The predicted molar refractivity (Wildman–Crippen MR) is 120 cm³/mol. The number of carbonyl (C=O) groups is 2. The molecule has 1 fully saturated rings. The van der Waals surface area contributed by atoms with Crippen molar-refractivity contribution in [2.75, 3.05) is 0 Å². The minimum Gasteiger partial charge on any atom is -0.422 e. The van der Waals surface area contributed by atoms with E-state index in [9.17, 15) is 9.59 Å². The number of benzene rings is 3. The average Bonchev–Trinajstić information content (AvgIpc) is 3.09. The van der Waals surface area contributed by atoms with E-state index in [4.69, 9.17) is 4.74 Å². The van der Waals surface area contributed by atoms with Crippen LogP contribution < -0.4 is 10.1 Å². The van der Waals surface area contributed by atoms with Crippen LogP contribution in [0.3, 0.4) is 0 Å². The number of hydrogen-bond acceptors (Lipinski definition) is 5. The zero-order valence-electron chi connectivity index (χ0n) is 16.2. The first-order chi connectivity index (χ1) is 14.6. The van der Waals surface area contributed by atoms with E-state index in [1.807, 2.05) is 55.5 Å². The number of esters is 1. The maximum atomic E-state index is 12.5. The van der Waals surface area contributed by atoms with Crippen LogP contribution in [0.5, 0.6) is 5.75 Å². The molecule has 1 aliphatic rings. The summed E-state index contributed by atoms with van der Waals surface area (Å²) in [6.07, 6.45) is 1.70. The van der Waals surface area contributed by atoms with E-state index in [1.165, 1.54) is 11.8 Å². The van der Waals surface area contributed by atoms with E-state index in [2.05, 4.69) is 10.3 Å². The number of para-hydroxylation sites is 2. The lowest BCUT2D eigenvalue weighted by atomic mass is 10.1. The molecule has 5 nitrogen and oxygen atoms in total. The number of aryl methyl sites for hydroxylation is 1. The third-order valence-electron chi connectivity index (χ3n) is 4.33. The summed E-state index contributed by atoms with van der Waals surface area (Å²) in [5.74, 6) is -0.303. The van der Waals surface area contributed by atoms with Gasteiger partial charge in [-0.2, -0.15) is 0 Å². The SMILES string of the molecule is Cc1ccc(C(=O)Oc2ccccc2/C=C2\SC(=Nc3ccccc3)NC2=O)cc1. The molecule has 6 heteroatoms. The number of nitrogens with zero attached hydrogens (tertiary/aromatic N) is 1. The van der Waals surface area contributed by atoms with Crippen molar-refractivity contribution in [1.29, 1.82) is 0 Å². The summed E-state index contributed by atoms with van der Waals surface area (Å²) in [5.41, 5.74) is 2.92. The maximum Gasteiger partial charge on any atom is 0.343 e. The Bertz CT molecular complexity index is 1150. The first kappa shape index (κ1) is 19.7. The quantitative estimate of drug-likeness (QED) is 0.366. The number of amidine groups is 1. The Morgan fingerprint density at radius 1 is 0.967 bits per heavy atom. The van der Waals surface area contributed by atoms with Gasteiger partial charge in [0, 0.05) is 5.56 Å². The van der Waals surface area contributed by atoms with Crippen molar-refractivity contribution in [3.05, 3.63) is 100 Å². The molecule has 0 saturated carbocycles. The summed E-state index contributed by atoms with van der Waals surface area (Å²) < 4.78 is 5.58. The van der Waals surface area contributed by atoms with Crippen LogP contribution in [-0.2, 0) is 4.79 Å². The van der Waals surface area contributed by atoms with Gasteiger partial charge in [0.25, 0.3) is 5.91 Å².